The molecule has 0 bridgehead atoms. The van der Waals surface area contributed by atoms with Gasteiger partial charge in [0.1, 0.15) is 10.7 Å². The van der Waals surface area contributed by atoms with Crippen LogP contribution in [0.15, 0.2) is 29.6 Å². The second kappa shape index (κ2) is 8.92. The van der Waals surface area contributed by atoms with E-state index in [1.807, 2.05) is 31.2 Å². The molecule has 1 aromatic carbocycles. The molecule has 0 fully saturated rings. The molecule has 2 N–H and O–H groups in total. The predicted molar refractivity (Wildman–Crippen MR) is 93.6 cm³/mol. The predicted octanol–water partition coefficient (Wildman–Crippen LogP) is 2.96. The third-order valence-corrected chi connectivity index (χ3v) is 4.98. The van der Waals surface area contributed by atoms with Gasteiger partial charge in [0.05, 0.1) is 0 Å². The van der Waals surface area contributed by atoms with Crippen LogP contribution in [-0.4, -0.2) is 40.7 Å². The van der Waals surface area contributed by atoms with Crippen molar-refractivity contribution in [3.05, 3.63) is 40.9 Å². The maximum absolute atomic E-state index is 12.0. The molecule has 1 aromatic heterocycles. The van der Waals surface area contributed by atoms with Gasteiger partial charge in [0, 0.05) is 29.8 Å². The van der Waals surface area contributed by atoms with Crippen LogP contribution in [0, 0.1) is 6.92 Å². The highest BCUT2D eigenvalue weighted by Gasteiger charge is 2.11. The van der Waals surface area contributed by atoms with Crippen molar-refractivity contribution in [2.45, 2.75) is 13.3 Å². The number of nitrogens with zero attached hydrogens (tertiary/aromatic N) is 1. The van der Waals surface area contributed by atoms with Crippen molar-refractivity contribution in [2.24, 2.45) is 0 Å². The van der Waals surface area contributed by atoms with E-state index in [4.69, 9.17) is 5.11 Å². The van der Waals surface area contributed by atoms with Gasteiger partial charge in [0.2, 0.25) is 0 Å². The highest BCUT2D eigenvalue weighted by molar-refractivity contribution is 7.99. The summed E-state index contributed by atoms with van der Waals surface area (Å²) in [5.41, 5.74) is 2.71. The summed E-state index contributed by atoms with van der Waals surface area (Å²) in [6.07, 6.45) is 0.796. The molecule has 0 unspecified atom stereocenters. The van der Waals surface area contributed by atoms with Crippen LogP contribution in [0.5, 0.6) is 0 Å². The van der Waals surface area contributed by atoms with Crippen molar-refractivity contribution in [2.75, 3.05) is 24.7 Å². The van der Waals surface area contributed by atoms with E-state index in [2.05, 4.69) is 10.3 Å². The Morgan fingerprint density at radius 1 is 1.32 bits per heavy atom. The standard InChI is InChI=1S/C16H20N2O2S2/c1-12-3-5-13(6-4-12)16-18-14(11-22-16)15(20)17-7-10-21-9-2-8-19/h3-6,11,19H,2,7-10H2,1H3,(H,17,20). The molecule has 1 amide bonds. The van der Waals surface area contributed by atoms with Crippen LogP contribution in [0.2, 0.25) is 0 Å². The van der Waals surface area contributed by atoms with Gasteiger partial charge in [-0.2, -0.15) is 11.8 Å². The minimum Gasteiger partial charge on any atom is -0.396 e. The summed E-state index contributed by atoms with van der Waals surface area (Å²) < 4.78 is 0. The molecule has 22 heavy (non-hydrogen) atoms. The molecule has 0 aliphatic rings. The second-order valence-electron chi connectivity index (χ2n) is 4.85. The zero-order valence-electron chi connectivity index (χ0n) is 12.5. The number of carbonyl (C=O) groups is 1. The smallest absolute Gasteiger partial charge is 0.270 e. The maximum Gasteiger partial charge on any atom is 0.270 e. The first-order chi connectivity index (χ1) is 10.7. The summed E-state index contributed by atoms with van der Waals surface area (Å²) in [7, 11) is 0. The number of rotatable bonds is 8. The lowest BCUT2D eigenvalue weighted by Crippen LogP contribution is -2.26. The highest BCUT2D eigenvalue weighted by atomic mass is 32.2. The average molecular weight is 336 g/mol. The van der Waals surface area contributed by atoms with Gasteiger partial charge in [-0.05, 0) is 19.1 Å². The van der Waals surface area contributed by atoms with Crippen molar-refractivity contribution in [3.8, 4) is 10.6 Å². The average Bonchev–Trinajstić information content (AvgIpc) is 3.01. The van der Waals surface area contributed by atoms with Gasteiger partial charge in [-0.3, -0.25) is 4.79 Å². The minimum atomic E-state index is -0.127. The van der Waals surface area contributed by atoms with Gasteiger partial charge >= 0.3 is 0 Å². The Bertz CT molecular complexity index is 596. The molecule has 1 heterocycles. The molecule has 2 rings (SSSR count). The summed E-state index contributed by atoms with van der Waals surface area (Å²) in [5, 5.41) is 14.2. The number of amides is 1. The molecule has 0 radical (unpaired) electrons. The zero-order chi connectivity index (χ0) is 15.8. The Hall–Kier alpha value is -1.37. The van der Waals surface area contributed by atoms with E-state index >= 15 is 0 Å². The van der Waals surface area contributed by atoms with Crippen LogP contribution in [0.25, 0.3) is 10.6 Å². The fraction of sp³-hybridized carbons (Fsp3) is 0.375. The van der Waals surface area contributed by atoms with Crippen LogP contribution >= 0.6 is 23.1 Å². The molecule has 4 nitrogen and oxygen atoms in total. The van der Waals surface area contributed by atoms with Crippen LogP contribution in [0.1, 0.15) is 22.5 Å². The number of nitrogens with one attached hydrogen (secondary N) is 1. The molecular weight excluding hydrogens is 316 g/mol. The van der Waals surface area contributed by atoms with Crippen LogP contribution in [0.4, 0.5) is 0 Å². The summed E-state index contributed by atoms with van der Waals surface area (Å²) in [6, 6.07) is 8.13. The Balaban J connectivity index is 1.83. The third kappa shape index (κ3) is 5.12. The fourth-order valence-corrected chi connectivity index (χ4v) is 3.39. The third-order valence-electron chi connectivity index (χ3n) is 3.01. The SMILES string of the molecule is Cc1ccc(-c2nc(C(=O)NCCSCCCO)cs2)cc1. The molecule has 0 aliphatic heterocycles. The van der Waals surface area contributed by atoms with Gasteiger partial charge in [-0.25, -0.2) is 4.98 Å². The number of hydrogen-bond donors (Lipinski definition) is 2. The largest absolute Gasteiger partial charge is 0.396 e. The zero-order valence-corrected chi connectivity index (χ0v) is 14.2. The molecule has 0 atom stereocenters. The number of aryl methyl sites for hydroxylation is 1. The lowest BCUT2D eigenvalue weighted by Gasteiger charge is -2.02. The van der Waals surface area contributed by atoms with Crippen molar-refractivity contribution < 1.29 is 9.90 Å². The summed E-state index contributed by atoms with van der Waals surface area (Å²) in [6.45, 7) is 2.88. The first-order valence-corrected chi connectivity index (χ1v) is 9.23. The summed E-state index contributed by atoms with van der Waals surface area (Å²) in [5.74, 6) is 1.64. The second-order valence-corrected chi connectivity index (χ2v) is 6.93. The van der Waals surface area contributed by atoms with E-state index < -0.39 is 0 Å². The molecule has 2 aromatic rings. The molecule has 0 spiro atoms. The number of hydrogen-bond acceptors (Lipinski definition) is 5. The van der Waals surface area contributed by atoms with Crippen LogP contribution < -0.4 is 5.32 Å². The number of aliphatic hydroxyl groups is 1. The van der Waals surface area contributed by atoms with Gasteiger partial charge in [-0.1, -0.05) is 29.8 Å². The number of thiazole rings is 1. The topological polar surface area (TPSA) is 62.2 Å². The first-order valence-electron chi connectivity index (χ1n) is 7.20. The number of thioether (sulfide) groups is 1. The monoisotopic (exact) mass is 336 g/mol. The molecular formula is C16H20N2O2S2. The molecule has 118 valence electrons. The van der Waals surface area contributed by atoms with E-state index in [0.717, 1.165) is 28.5 Å². The van der Waals surface area contributed by atoms with Crippen molar-refractivity contribution in [3.63, 3.8) is 0 Å². The normalized spacial score (nSPS) is 10.6. The maximum atomic E-state index is 12.0. The van der Waals surface area contributed by atoms with E-state index in [1.165, 1.54) is 16.9 Å². The lowest BCUT2D eigenvalue weighted by molar-refractivity contribution is 0.0952. The fourth-order valence-electron chi connectivity index (χ4n) is 1.80. The Morgan fingerprint density at radius 2 is 2.09 bits per heavy atom. The summed E-state index contributed by atoms with van der Waals surface area (Å²) >= 11 is 3.21. The van der Waals surface area contributed by atoms with Gasteiger partial charge in [-0.15, -0.1) is 11.3 Å². The first kappa shape index (κ1) is 17.0. The van der Waals surface area contributed by atoms with E-state index in [1.54, 1.807) is 17.1 Å². The Kier molecular flexibility index (Phi) is 6.89. The Morgan fingerprint density at radius 3 is 2.82 bits per heavy atom. The van der Waals surface area contributed by atoms with Crippen molar-refractivity contribution >= 4 is 29.0 Å². The molecule has 6 heteroatoms. The van der Waals surface area contributed by atoms with Crippen LogP contribution in [-0.2, 0) is 0 Å². The number of aromatic nitrogens is 1. The highest BCUT2D eigenvalue weighted by Crippen LogP contribution is 2.23. The minimum absolute atomic E-state index is 0.127. The number of aliphatic hydroxyl groups excluding tert-OH is 1. The van der Waals surface area contributed by atoms with E-state index in [9.17, 15) is 4.79 Å². The van der Waals surface area contributed by atoms with Crippen molar-refractivity contribution in [1.29, 1.82) is 0 Å². The molecule has 0 saturated carbocycles. The quantitative estimate of drug-likeness (QED) is 0.728. The van der Waals surface area contributed by atoms with Gasteiger partial charge < -0.3 is 10.4 Å². The van der Waals surface area contributed by atoms with E-state index in [0.29, 0.717) is 12.2 Å². The lowest BCUT2D eigenvalue weighted by atomic mass is 10.2. The molecule has 0 aliphatic carbocycles. The van der Waals surface area contributed by atoms with E-state index in [-0.39, 0.29) is 12.5 Å². The summed E-state index contributed by atoms with van der Waals surface area (Å²) in [4.78, 5) is 16.4. The van der Waals surface area contributed by atoms with Gasteiger partial charge in [0.15, 0.2) is 0 Å². The number of carbonyl (C=O) groups excluding carboxylic acids is 1. The molecule has 0 saturated heterocycles. The van der Waals surface area contributed by atoms with Crippen LogP contribution in [0.3, 0.4) is 0 Å². The Labute approximate surface area is 139 Å². The van der Waals surface area contributed by atoms with Crippen molar-refractivity contribution in [1.82, 2.24) is 10.3 Å². The number of benzene rings is 1. The van der Waals surface area contributed by atoms with Gasteiger partial charge in [0.25, 0.3) is 5.91 Å².